The zero-order valence-corrected chi connectivity index (χ0v) is 19.6. The third-order valence-corrected chi connectivity index (χ3v) is 8.13. The van der Waals surface area contributed by atoms with Gasteiger partial charge in [-0.3, -0.25) is 10.1 Å². The number of carbonyl (C=O) groups is 2. The van der Waals surface area contributed by atoms with E-state index >= 15 is 0 Å². The summed E-state index contributed by atoms with van der Waals surface area (Å²) in [6.45, 7) is 3.92. The van der Waals surface area contributed by atoms with Crippen molar-refractivity contribution in [2.45, 2.75) is 26.4 Å². The van der Waals surface area contributed by atoms with E-state index in [1.807, 2.05) is 48.8 Å². The maximum absolute atomic E-state index is 12.8. The van der Waals surface area contributed by atoms with Crippen LogP contribution in [0.3, 0.4) is 0 Å². The Hall–Kier alpha value is -2.94. The van der Waals surface area contributed by atoms with Crippen molar-refractivity contribution in [2.75, 3.05) is 18.9 Å². The van der Waals surface area contributed by atoms with Gasteiger partial charge in [-0.15, -0.1) is 22.7 Å². The summed E-state index contributed by atoms with van der Waals surface area (Å²) >= 11 is 3.22. The third kappa shape index (κ3) is 3.85. The summed E-state index contributed by atoms with van der Waals surface area (Å²) in [5, 5.41) is 8.58. The number of nitrogens with one attached hydrogen (secondary N) is 2. The number of thiophene rings is 2. The molecular weight excluding hydrogens is 440 g/mol. The first-order valence-corrected chi connectivity index (χ1v) is 12.2. The predicted molar refractivity (Wildman–Crippen MR) is 131 cm³/mol. The van der Waals surface area contributed by atoms with Crippen LogP contribution in [0.25, 0.3) is 15.1 Å². The first-order chi connectivity index (χ1) is 15.5. The number of carbonyl (C=O) groups excluding carboxylic acids is 2. The van der Waals surface area contributed by atoms with Crippen LogP contribution >= 0.6 is 22.7 Å². The number of fused-ring (bicyclic) bond motifs is 2. The van der Waals surface area contributed by atoms with Crippen molar-refractivity contribution < 1.29 is 9.59 Å². The average molecular weight is 465 g/mol. The first kappa shape index (κ1) is 20.9. The second-order valence-corrected chi connectivity index (χ2v) is 10.2. The highest BCUT2D eigenvalue weighted by atomic mass is 32.1. The molecule has 0 bridgehead atoms. The van der Waals surface area contributed by atoms with Crippen LogP contribution in [0.1, 0.15) is 33.3 Å². The number of aromatic nitrogens is 1. The molecule has 0 saturated heterocycles. The lowest BCUT2D eigenvalue weighted by Crippen LogP contribution is -2.30. The fourth-order valence-corrected chi connectivity index (χ4v) is 6.80. The van der Waals surface area contributed by atoms with Crippen molar-refractivity contribution in [2.24, 2.45) is 0 Å². The van der Waals surface area contributed by atoms with Crippen molar-refractivity contribution in [1.82, 2.24) is 14.8 Å². The summed E-state index contributed by atoms with van der Waals surface area (Å²) in [5.74, 6) is -0.0522. The van der Waals surface area contributed by atoms with Gasteiger partial charge in [-0.1, -0.05) is 18.2 Å². The number of urea groups is 1. The van der Waals surface area contributed by atoms with E-state index in [2.05, 4.69) is 27.1 Å². The molecule has 32 heavy (non-hydrogen) atoms. The van der Waals surface area contributed by atoms with Crippen LogP contribution in [-0.4, -0.2) is 34.9 Å². The minimum absolute atomic E-state index is 0.0522. The van der Waals surface area contributed by atoms with Gasteiger partial charge in [0, 0.05) is 52.6 Å². The van der Waals surface area contributed by atoms with Crippen LogP contribution in [0, 0.1) is 0 Å². The Balaban J connectivity index is 1.39. The maximum Gasteiger partial charge on any atom is 0.320 e. The molecule has 0 aliphatic carbocycles. The Morgan fingerprint density at radius 3 is 2.66 bits per heavy atom. The molecule has 0 spiro atoms. The van der Waals surface area contributed by atoms with Crippen molar-refractivity contribution in [3.05, 3.63) is 70.4 Å². The number of benzene rings is 1. The van der Waals surface area contributed by atoms with Crippen molar-refractivity contribution in [3.63, 3.8) is 0 Å². The molecule has 5 rings (SSSR count). The van der Waals surface area contributed by atoms with Crippen LogP contribution in [0.5, 0.6) is 0 Å². The summed E-state index contributed by atoms with van der Waals surface area (Å²) in [6, 6.07) is 11.5. The molecule has 2 amide bonds. The van der Waals surface area contributed by atoms with E-state index < -0.39 is 0 Å². The maximum atomic E-state index is 12.8. The lowest BCUT2D eigenvalue weighted by molar-refractivity contribution is 0.102. The molecule has 0 fully saturated rings. The zero-order valence-electron chi connectivity index (χ0n) is 18.0. The van der Waals surface area contributed by atoms with E-state index in [1.54, 1.807) is 11.3 Å². The summed E-state index contributed by atoms with van der Waals surface area (Å²) in [4.78, 5) is 28.8. The molecule has 0 saturated carbocycles. The number of likely N-dealkylation sites (N-methyl/N-ethyl adjacent to an activating group) is 1. The minimum atomic E-state index is -0.301. The van der Waals surface area contributed by atoms with Gasteiger partial charge in [0.15, 0.2) is 5.78 Å². The fraction of sp³-hybridized carbons (Fsp3) is 0.250. The van der Waals surface area contributed by atoms with Crippen LogP contribution in [0.4, 0.5) is 9.80 Å². The van der Waals surface area contributed by atoms with Crippen LogP contribution in [0.2, 0.25) is 0 Å². The Bertz CT molecular complexity index is 1300. The Labute approximate surface area is 194 Å². The zero-order chi connectivity index (χ0) is 22.2. The molecule has 1 aliphatic heterocycles. The number of hydrogen-bond donors (Lipinski definition) is 2. The molecule has 4 heterocycles. The van der Waals surface area contributed by atoms with Gasteiger partial charge in [-0.05, 0) is 44.2 Å². The topological polar surface area (TPSA) is 66.4 Å². The van der Waals surface area contributed by atoms with Crippen LogP contribution in [0.15, 0.2) is 48.8 Å². The number of hydrogen-bond acceptors (Lipinski definition) is 5. The number of rotatable bonds is 5. The minimum Gasteiger partial charge on any atom is -0.334 e. The highest BCUT2D eigenvalue weighted by Crippen LogP contribution is 2.37. The molecule has 2 N–H and O–H groups in total. The lowest BCUT2D eigenvalue weighted by Gasteiger charge is -2.22. The van der Waals surface area contributed by atoms with E-state index in [4.69, 9.17) is 0 Å². The Kier molecular flexibility index (Phi) is 5.58. The molecule has 4 aromatic rings. The molecule has 0 unspecified atom stereocenters. The highest BCUT2D eigenvalue weighted by Gasteiger charge is 2.24. The van der Waals surface area contributed by atoms with Gasteiger partial charge in [0.05, 0.1) is 5.56 Å². The largest absolute Gasteiger partial charge is 0.334 e. The van der Waals surface area contributed by atoms with Crippen molar-refractivity contribution in [3.8, 4) is 5.00 Å². The summed E-state index contributed by atoms with van der Waals surface area (Å²) in [7, 11) is 2.14. The smallest absolute Gasteiger partial charge is 0.320 e. The molecule has 164 valence electrons. The van der Waals surface area contributed by atoms with E-state index in [9.17, 15) is 9.59 Å². The van der Waals surface area contributed by atoms with E-state index in [0.717, 1.165) is 34.6 Å². The second kappa shape index (κ2) is 8.54. The summed E-state index contributed by atoms with van der Waals surface area (Å²) < 4.78 is 3.11. The number of amides is 2. The Morgan fingerprint density at radius 1 is 1.09 bits per heavy atom. The van der Waals surface area contributed by atoms with Gasteiger partial charge >= 0.3 is 6.03 Å². The SMILES string of the molecule is CC(=O)c1c(NC(=O)NCc2c(-n3cccc3)sc3c2CCN(C)C3)sc2ccccc12. The van der Waals surface area contributed by atoms with Crippen LogP contribution in [-0.2, 0) is 19.5 Å². The van der Waals surface area contributed by atoms with E-state index in [0.29, 0.717) is 17.1 Å². The quantitative estimate of drug-likeness (QED) is 0.396. The molecule has 0 atom stereocenters. The first-order valence-electron chi connectivity index (χ1n) is 10.5. The van der Waals surface area contributed by atoms with Gasteiger partial charge in [0.2, 0.25) is 0 Å². The Morgan fingerprint density at radius 2 is 1.88 bits per heavy atom. The molecule has 1 aromatic carbocycles. The highest BCUT2D eigenvalue weighted by molar-refractivity contribution is 7.23. The molecule has 6 nitrogen and oxygen atoms in total. The van der Waals surface area contributed by atoms with Gasteiger partial charge in [0.1, 0.15) is 10.0 Å². The molecule has 0 radical (unpaired) electrons. The molecule has 3 aromatic heterocycles. The van der Waals surface area contributed by atoms with E-state index in [1.165, 1.54) is 34.3 Å². The van der Waals surface area contributed by atoms with Crippen molar-refractivity contribution >= 4 is 49.6 Å². The number of Topliss-reactive ketones (excluding diaryl/α,β-unsaturated/α-hetero) is 1. The van der Waals surface area contributed by atoms with Gasteiger partial charge < -0.3 is 14.8 Å². The second-order valence-electron chi connectivity index (χ2n) is 8.03. The van der Waals surface area contributed by atoms with Crippen molar-refractivity contribution in [1.29, 1.82) is 0 Å². The number of nitrogens with zero attached hydrogens (tertiary/aromatic N) is 2. The van der Waals surface area contributed by atoms with Gasteiger partial charge in [-0.2, -0.15) is 0 Å². The third-order valence-electron chi connectivity index (χ3n) is 5.78. The normalized spacial score (nSPS) is 13.8. The standard InChI is InChI=1S/C24H24N4O2S2/c1-15(29)21-17-7-3-4-8-19(17)31-22(21)26-24(30)25-13-18-16-9-12-27(2)14-20(16)32-23(18)28-10-5-6-11-28/h3-8,10-11H,9,12-14H2,1-2H3,(H2,25,26,30). The number of anilines is 1. The molecular formula is C24H24N4O2S2. The number of ketones is 1. The van der Waals surface area contributed by atoms with Crippen LogP contribution < -0.4 is 10.6 Å². The average Bonchev–Trinajstić information content (AvgIpc) is 3.48. The molecule has 8 heteroatoms. The van der Waals surface area contributed by atoms with E-state index in [-0.39, 0.29) is 11.8 Å². The lowest BCUT2D eigenvalue weighted by atomic mass is 10.0. The summed E-state index contributed by atoms with van der Waals surface area (Å²) in [6.07, 6.45) is 5.06. The predicted octanol–water partition coefficient (Wildman–Crippen LogP) is 5.27. The fourth-order valence-electron chi connectivity index (χ4n) is 4.24. The van der Waals surface area contributed by atoms with Gasteiger partial charge in [0.25, 0.3) is 0 Å². The molecule has 1 aliphatic rings. The summed E-state index contributed by atoms with van der Waals surface area (Å²) in [5.41, 5.74) is 3.10. The monoisotopic (exact) mass is 464 g/mol. The van der Waals surface area contributed by atoms with Gasteiger partial charge in [-0.25, -0.2) is 4.79 Å².